The summed E-state index contributed by atoms with van der Waals surface area (Å²) < 4.78 is 12.4. The number of benzene rings is 2. The molecule has 108 valence electrons. The first-order valence-electron chi connectivity index (χ1n) is 6.72. The zero-order valence-electron chi connectivity index (χ0n) is 11.7. The second-order valence-electron chi connectivity index (χ2n) is 4.91. The summed E-state index contributed by atoms with van der Waals surface area (Å²) >= 11 is 0. The van der Waals surface area contributed by atoms with Crippen LogP contribution in [0.25, 0.3) is 11.1 Å². The number of oxazole rings is 1. The zero-order chi connectivity index (χ0) is 14.8. The molecule has 3 rings (SSSR count). The maximum atomic E-state index is 11.9. The lowest BCUT2D eigenvalue weighted by Gasteiger charge is -2.07. The highest BCUT2D eigenvalue weighted by atomic mass is 16.5. The van der Waals surface area contributed by atoms with Gasteiger partial charge in [0.05, 0.1) is 12.1 Å². The molecule has 0 saturated heterocycles. The van der Waals surface area contributed by atoms with Crippen LogP contribution in [-0.4, -0.2) is 11.2 Å². The van der Waals surface area contributed by atoms with Crippen molar-refractivity contribution in [3.05, 3.63) is 58.6 Å². The third kappa shape index (κ3) is 2.76. The van der Waals surface area contributed by atoms with E-state index in [-0.39, 0.29) is 5.76 Å². The Morgan fingerprint density at radius 3 is 2.90 bits per heavy atom. The molecule has 0 aliphatic rings. The summed E-state index contributed by atoms with van der Waals surface area (Å²) in [5.74, 6) is 0.318. The number of anilines is 1. The first kappa shape index (κ1) is 13.3. The zero-order valence-corrected chi connectivity index (χ0v) is 11.7. The van der Waals surface area contributed by atoms with Crippen molar-refractivity contribution in [2.45, 2.75) is 13.5 Å². The maximum absolute atomic E-state index is 11.9. The SMILES string of the molecule is Cc1ccc2c(c1)oc(=O)n2CCOc1cccc(N)c1. The van der Waals surface area contributed by atoms with E-state index in [1.807, 2.05) is 37.3 Å². The van der Waals surface area contributed by atoms with Gasteiger partial charge in [-0.25, -0.2) is 4.79 Å². The Hall–Kier alpha value is -2.69. The Labute approximate surface area is 121 Å². The molecule has 0 aliphatic carbocycles. The van der Waals surface area contributed by atoms with Crippen LogP contribution in [0.15, 0.2) is 51.7 Å². The standard InChI is InChI=1S/C16H16N2O3/c1-11-5-6-14-15(9-11)21-16(19)18(14)7-8-20-13-4-2-3-12(17)10-13/h2-6,9-10H,7-8,17H2,1H3. The molecule has 0 fully saturated rings. The molecule has 0 amide bonds. The number of aryl methyl sites for hydroxylation is 1. The van der Waals surface area contributed by atoms with E-state index >= 15 is 0 Å². The number of rotatable bonds is 4. The highest BCUT2D eigenvalue weighted by Crippen LogP contribution is 2.16. The van der Waals surface area contributed by atoms with E-state index in [0.717, 1.165) is 11.1 Å². The lowest BCUT2D eigenvalue weighted by atomic mass is 10.2. The molecule has 0 unspecified atom stereocenters. The number of fused-ring (bicyclic) bond motifs is 1. The average molecular weight is 284 g/mol. The summed E-state index contributed by atoms with van der Waals surface area (Å²) in [6, 6.07) is 12.9. The number of nitrogens with zero attached hydrogens (tertiary/aromatic N) is 1. The molecule has 0 saturated carbocycles. The lowest BCUT2D eigenvalue weighted by molar-refractivity contribution is 0.294. The second kappa shape index (κ2) is 5.36. The summed E-state index contributed by atoms with van der Waals surface area (Å²) in [5.41, 5.74) is 8.77. The van der Waals surface area contributed by atoms with Gasteiger partial charge in [0.25, 0.3) is 0 Å². The molecular weight excluding hydrogens is 268 g/mol. The Morgan fingerprint density at radius 2 is 2.10 bits per heavy atom. The van der Waals surface area contributed by atoms with Gasteiger partial charge in [0.15, 0.2) is 5.58 Å². The van der Waals surface area contributed by atoms with Gasteiger partial charge in [-0.3, -0.25) is 4.57 Å². The van der Waals surface area contributed by atoms with Gasteiger partial charge < -0.3 is 14.9 Å². The fourth-order valence-corrected chi connectivity index (χ4v) is 2.24. The van der Waals surface area contributed by atoms with Crippen molar-refractivity contribution in [2.75, 3.05) is 12.3 Å². The van der Waals surface area contributed by atoms with Crippen molar-refractivity contribution in [1.82, 2.24) is 4.57 Å². The molecule has 0 atom stereocenters. The van der Waals surface area contributed by atoms with E-state index in [9.17, 15) is 4.79 Å². The number of nitrogens with two attached hydrogens (primary N) is 1. The van der Waals surface area contributed by atoms with E-state index < -0.39 is 0 Å². The van der Waals surface area contributed by atoms with Gasteiger partial charge in [0.1, 0.15) is 12.4 Å². The molecule has 0 spiro atoms. The van der Waals surface area contributed by atoms with Gasteiger partial charge in [0.2, 0.25) is 0 Å². The Balaban J connectivity index is 1.76. The number of ether oxygens (including phenoxy) is 1. The summed E-state index contributed by atoms with van der Waals surface area (Å²) in [6.07, 6.45) is 0. The smallest absolute Gasteiger partial charge is 0.420 e. The maximum Gasteiger partial charge on any atom is 0.420 e. The van der Waals surface area contributed by atoms with Crippen molar-refractivity contribution in [1.29, 1.82) is 0 Å². The van der Waals surface area contributed by atoms with Crippen molar-refractivity contribution in [3.8, 4) is 5.75 Å². The topological polar surface area (TPSA) is 70.4 Å². The molecule has 1 aromatic heterocycles. The Kier molecular flexibility index (Phi) is 3.39. The van der Waals surface area contributed by atoms with Crippen LogP contribution in [0.4, 0.5) is 5.69 Å². The molecule has 2 N–H and O–H groups in total. The number of hydrogen-bond donors (Lipinski definition) is 1. The molecule has 0 bridgehead atoms. The molecule has 2 aromatic carbocycles. The minimum Gasteiger partial charge on any atom is -0.492 e. The fourth-order valence-electron chi connectivity index (χ4n) is 2.24. The van der Waals surface area contributed by atoms with E-state index in [4.69, 9.17) is 14.9 Å². The fraction of sp³-hybridized carbons (Fsp3) is 0.188. The highest BCUT2D eigenvalue weighted by Gasteiger charge is 2.09. The third-order valence-electron chi connectivity index (χ3n) is 3.27. The van der Waals surface area contributed by atoms with Gasteiger partial charge in [-0.05, 0) is 36.8 Å². The lowest BCUT2D eigenvalue weighted by Crippen LogP contribution is -2.18. The quantitative estimate of drug-likeness (QED) is 0.747. The monoisotopic (exact) mass is 284 g/mol. The molecule has 5 heteroatoms. The predicted octanol–water partition coefficient (Wildman–Crippen LogP) is 2.56. The van der Waals surface area contributed by atoms with Crippen molar-refractivity contribution >= 4 is 16.8 Å². The van der Waals surface area contributed by atoms with Crippen molar-refractivity contribution in [2.24, 2.45) is 0 Å². The molecule has 0 radical (unpaired) electrons. The average Bonchev–Trinajstić information content (AvgIpc) is 2.74. The Bertz CT molecular complexity index is 833. The van der Waals surface area contributed by atoms with E-state index in [1.54, 1.807) is 16.7 Å². The molecule has 21 heavy (non-hydrogen) atoms. The van der Waals surface area contributed by atoms with Gasteiger partial charge in [0, 0.05) is 11.8 Å². The van der Waals surface area contributed by atoms with Gasteiger partial charge in [-0.2, -0.15) is 0 Å². The largest absolute Gasteiger partial charge is 0.492 e. The van der Waals surface area contributed by atoms with Crippen LogP contribution in [0.3, 0.4) is 0 Å². The van der Waals surface area contributed by atoms with Crippen LogP contribution in [0.2, 0.25) is 0 Å². The van der Waals surface area contributed by atoms with E-state index in [1.165, 1.54) is 0 Å². The normalized spacial score (nSPS) is 10.9. The van der Waals surface area contributed by atoms with Crippen LogP contribution < -0.4 is 16.2 Å². The van der Waals surface area contributed by atoms with E-state index in [0.29, 0.717) is 30.2 Å². The third-order valence-corrected chi connectivity index (χ3v) is 3.27. The van der Waals surface area contributed by atoms with Crippen molar-refractivity contribution in [3.63, 3.8) is 0 Å². The highest BCUT2D eigenvalue weighted by molar-refractivity contribution is 5.73. The molecule has 1 heterocycles. The van der Waals surface area contributed by atoms with Crippen LogP contribution in [0.5, 0.6) is 5.75 Å². The van der Waals surface area contributed by atoms with Crippen molar-refractivity contribution < 1.29 is 9.15 Å². The summed E-state index contributed by atoms with van der Waals surface area (Å²) in [4.78, 5) is 11.9. The predicted molar refractivity (Wildman–Crippen MR) is 81.6 cm³/mol. The van der Waals surface area contributed by atoms with Crippen LogP contribution in [-0.2, 0) is 6.54 Å². The van der Waals surface area contributed by atoms with Crippen LogP contribution in [0.1, 0.15) is 5.56 Å². The summed E-state index contributed by atoms with van der Waals surface area (Å²) in [5, 5.41) is 0. The first-order chi connectivity index (χ1) is 10.1. The first-order valence-corrected chi connectivity index (χ1v) is 6.72. The van der Waals surface area contributed by atoms with Crippen LogP contribution >= 0.6 is 0 Å². The van der Waals surface area contributed by atoms with Gasteiger partial charge >= 0.3 is 5.76 Å². The van der Waals surface area contributed by atoms with E-state index in [2.05, 4.69) is 0 Å². The second-order valence-corrected chi connectivity index (χ2v) is 4.91. The number of nitrogen functional groups attached to an aromatic ring is 1. The molecule has 5 nitrogen and oxygen atoms in total. The van der Waals surface area contributed by atoms with Gasteiger partial charge in [-0.15, -0.1) is 0 Å². The molecular formula is C16H16N2O3. The number of aromatic nitrogens is 1. The summed E-state index contributed by atoms with van der Waals surface area (Å²) in [7, 11) is 0. The van der Waals surface area contributed by atoms with Gasteiger partial charge in [-0.1, -0.05) is 12.1 Å². The summed E-state index contributed by atoms with van der Waals surface area (Å²) in [6.45, 7) is 2.75. The molecule has 0 aliphatic heterocycles. The number of hydrogen-bond acceptors (Lipinski definition) is 4. The minimum atomic E-state index is -0.369. The molecule has 3 aromatic rings. The Morgan fingerprint density at radius 1 is 1.24 bits per heavy atom. The van der Waals surface area contributed by atoms with Crippen LogP contribution in [0, 0.1) is 6.92 Å². The minimum absolute atomic E-state index is 0.367.